The summed E-state index contributed by atoms with van der Waals surface area (Å²) in [6.07, 6.45) is -1.78. The van der Waals surface area contributed by atoms with Crippen molar-refractivity contribution in [1.82, 2.24) is 19.5 Å². The standard InChI is InChI=1S/C11H14FN5O4/c12-1-4-5(2-18)21-10(7(4)19)17-3-14-6-8(17)15-11(13)16-9(6)20/h3-5,7,10,18-19H,1-2H2,(H3,13,15,16,20)/t4-,5+,7?,10+/m0/s1. The Kier molecular flexibility index (Phi) is 3.35. The third-order valence-electron chi connectivity index (χ3n) is 3.61. The Labute approximate surface area is 117 Å². The van der Waals surface area contributed by atoms with Crippen LogP contribution in [0.5, 0.6) is 0 Å². The van der Waals surface area contributed by atoms with Crippen molar-refractivity contribution < 1.29 is 19.3 Å². The van der Waals surface area contributed by atoms with E-state index in [0.29, 0.717) is 0 Å². The lowest BCUT2D eigenvalue weighted by Crippen LogP contribution is -2.29. The number of nitrogens with two attached hydrogens (primary N) is 1. The Morgan fingerprint density at radius 1 is 1.57 bits per heavy atom. The topological polar surface area (TPSA) is 139 Å². The number of nitrogens with one attached hydrogen (secondary N) is 1. The maximum absolute atomic E-state index is 13.0. The lowest BCUT2D eigenvalue weighted by atomic mass is 10.0. The van der Waals surface area contributed by atoms with Crippen molar-refractivity contribution in [3.63, 3.8) is 0 Å². The van der Waals surface area contributed by atoms with Crippen LogP contribution in [0, 0.1) is 5.92 Å². The molecule has 10 heteroatoms. The Hall–Kier alpha value is -2.04. The number of ether oxygens (including phenoxy) is 1. The highest BCUT2D eigenvalue weighted by Gasteiger charge is 2.44. The molecule has 21 heavy (non-hydrogen) atoms. The number of aromatic amines is 1. The fourth-order valence-corrected chi connectivity index (χ4v) is 2.52. The van der Waals surface area contributed by atoms with E-state index >= 15 is 0 Å². The van der Waals surface area contributed by atoms with Crippen molar-refractivity contribution in [1.29, 1.82) is 0 Å². The molecule has 0 spiro atoms. The van der Waals surface area contributed by atoms with Gasteiger partial charge in [0.1, 0.15) is 6.10 Å². The molecule has 4 atom stereocenters. The number of rotatable bonds is 3. The van der Waals surface area contributed by atoms with E-state index in [2.05, 4.69) is 15.0 Å². The van der Waals surface area contributed by atoms with E-state index in [9.17, 15) is 19.4 Å². The Morgan fingerprint density at radius 3 is 2.95 bits per heavy atom. The third-order valence-corrected chi connectivity index (χ3v) is 3.61. The zero-order chi connectivity index (χ0) is 15.1. The van der Waals surface area contributed by atoms with Crippen LogP contribution < -0.4 is 11.3 Å². The van der Waals surface area contributed by atoms with Crippen molar-refractivity contribution >= 4 is 17.1 Å². The van der Waals surface area contributed by atoms with Crippen LogP contribution in [0.1, 0.15) is 6.23 Å². The maximum atomic E-state index is 13.0. The number of alkyl halides is 1. The first-order chi connectivity index (χ1) is 10.1. The average Bonchev–Trinajstić information content (AvgIpc) is 2.99. The van der Waals surface area contributed by atoms with Crippen LogP contribution in [-0.4, -0.2) is 55.2 Å². The number of hydrogen-bond acceptors (Lipinski definition) is 7. The summed E-state index contributed by atoms with van der Waals surface area (Å²) in [5.74, 6) is -0.973. The molecule has 0 saturated carbocycles. The summed E-state index contributed by atoms with van der Waals surface area (Å²) < 4.78 is 19.7. The van der Waals surface area contributed by atoms with Crippen molar-refractivity contribution in [2.45, 2.75) is 18.4 Å². The second kappa shape index (κ2) is 5.06. The van der Waals surface area contributed by atoms with Crippen LogP contribution in [0.4, 0.5) is 10.3 Å². The molecule has 2 aromatic heterocycles. The average molecular weight is 299 g/mol. The van der Waals surface area contributed by atoms with E-state index in [0.717, 1.165) is 0 Å². The number of aliphatic hydroxyl groups excluding tert-OH is 2. The lowest BCUT2D eigenvalue weighted by Gasteiger charge is -2.17. The van der Waals surface area contributed by atoms with E-state index in [1.807, 2.05) is 0 Å². The van der Waals surface area contributed by atoms with Crippen LogP contribution in [0.15, 0.2) is 11.1 Å². The summed E-state index contributed by atoms with van der Waals surface area (Å²) >= 11 is 0. The molecule has 3 heterocycles. The minimum absolute atomic E-state index is 0.0317. The molecular weight excluding hydrogens is 285 g/mol. The summed E-state index contributed by atoms with van der Waals surface area (Å²) in [4.78, 5) is 21.8. The molecule has 1 unspecified atom stereocenters. The molecule has 0 aromatic carbocycles. The van der Waals surface area contributed by atoms with Gasteiger partial charge >= 0.3 is 0 Å². The van der Waals surface area contributed by atoms with Gasteiger partial charge in [0.15, 0.2) is 17.4 Å². The predicted octanol–water partition coefficient (Wildman–Crippen LogP) is -1.46. The number of nitrogens with zero attached hydrogens (tertiary/aromatic N) is 3. The minimum atomic E-state index is -1.20. The fourth-order valence-electron chi connectivity index (χ4n) is 2.52. The van der Waals surface area contributed by atoms with E-state index in [1.54, 1.807) is 0 Å². The SMILES string of the molecule is Nc1nc2c(ncn2[C@@H]2O[C@H](CO)[C@H](CF)C2O)c(=O)[nH]1. The second-order valence-electron chi connectivity index (χ2n) is 4.83. The third kappa shape index (κ3) is 2.07. The lowest BCUT2D eigenvalue weighted by molar-refractivity contribution is -0.0494. The van der Waals surface area contributed by atoms with Gasteiger partial charge in [-0.25, -0.2) is 4.98 Å². The van der Waals surface area contributed by atoms with Gasteiger partial charge in [0.2, 0.25) is 5.95 Å². The summed E-state index contributed by atoms with van der Waals surface area (Å²) in [7, 11) is 0. The fraction of sp³-hybridized carbons (Fsp3) is 0.545. The van der Waals surface area contributed by atoms with Crippen molar-refractivity contribution in [2.24, 2.45) is 5.92 Å². The predicted molar refractivity (Wildman–Crippen MR) is 69.0 cm³/mol. The first-order valence-corrected chi connectivity index (χ1v) is 6.29. The van der Waals surface area contributed by atoms with Crippen LogP contribution in [0.3, 0.4) is 0 Å². The van der Waals surface area contributed by atoms with Gasteiger partial charge in [-0.2, -0.15) is 4.98 Å². The van der Waals surface area contributed by atoms with Gasteiger partial charge in [0, 0.05) is 5.92 Å². The highest BCUT2D eigenvalue weighted by molar-refractivity contribution is 5.70. The molecule has 114 valence electrons. The quantitative estimate of drug-likeness (QED) is 0.543. The van der Waals surface area contributed by atoms with Crippen LogP contribution in [0.25, 0.3) is 11.2 Å². The summed E-state index contributed by atoms with van der Waals surface area (Å²) in [6, 6.07) is 0. The van der Waals surface area contributed by atoms with Crippen LogP contribution in [0.2, 0.25) is 0 Å². The highest BCUT2D eigenvalue weighted by Crippen LogP contribution is 2.35. The Morgan fingerprint density at radius 2 is 2.33 bits per heavy atom. The Balaban J connectivity index is 2.07. The first-order valence-electron chi connectivity index (χ1n) is 6.29. The highest BCUT2D eigenvalue weighted by atomic mass is 19.1. The molecule has 0 aliphatic carbocycles. The molecule has 0 bridgehead atoms. The van der Waals surface area contributed by atoms with Gasteiger partial charge in [0.05, 0.1) is 25.7 Å². The zero-order valence-electron chi connectivity index (χ0n) is 10.8. The number of H-pyrrole nitrogens is 1. The number of halogens is 1. The van der Waals surface area contributed by atoms with Gasteiger partial charge in [-0.1, -0.05) is 0 Å². The Bertz CT molecular complexity index is 716. The maximum Gasteiger partial charge on any atom is 0.280 e. The van der Waals surface area contributed by atoms with E-state index in [4.69, 9.17) is 10.5 Å². The molecule has 1 aliphatic rings. The number of fused-ring (bicyclic) bond motifs is 1. The summed E-state index contributed by atoms with van der Waals surface area (Å²) in [6.45, 7) is -1.27. The minimum Gasteiger partial charge on any atom is -0.394 e. The molecule has 1 saturated heterocycles. The number of hydrogen-bond donors (Lipinski definition) is 4. The van der Waals surface area contributed by atoms with E-state index in [-0.39, 0.29) is 17.1 Å². The molecule has 2 aromatic rings. The van der Waals surface area contributed by atoms with Crippen molar-refractivity contribution in [2.75, 3.05) is 19.0 Å². The number of aromatic nitrogens is 4. The van der Waals surface area contributed by atoms with Gasteiger partial charge in [-0.05, 0) is 0 Å². The molecule has 0 amide bonds. The van der Waals surface area contributed by atoms with E-state index in [1.165, 1.54) is 10.9 Å². The van der Waals surface area contributed by atoms with Crippen molar-refractivity contribution in [3.8, 4) is 0 Å². The van der Waals surface area contributed by atoms with Gasteiger partial charge in [-0.15, -0.1) is 0 Å². The molecule has 3 rings (SSSR count). The number of aliphatic hydroxyl groups is 2. The first kappa shape index (κ1) is 13.9. The largest absolute Gasteiger partial charge is 0.394 e. The summed E-state index contributed by atoms with van der Waals surface area (Å²) in [5.41, 5.74) is 5.11. The molecule has 9 nitrogen and oxygen atoms in total. The molecular formula is C11H14FN5O4. The molecule has 0 radical (unpaired) electrons. The molecule has 1 aliphatic heterocycles. The smallest absolute Gasteiger partial charge is 0.280 e. The van der Waals surface area contributed by atoms with Gasteiger partial charge < -0.3 is 20.7 Å². The van der Waals surface area contributed by atoms with Gasteiger partial charge in [-0.3, -0.25) is 18.7 Å². The number of nitrogen functional groups attached to an aromatic ring is 1. The number of anilines is 1. The van der Waals surface area contributed by atoms with Crippen molar-refractivity contribution in [3.05, 3.63) is 16.7 Å². The zero-order valence-corrected chi connectivity index (χ0v) is 10.8. The molecule has 1 fully saturated rings. The second-order valence-corrected chi connectivity index (χ2v) is 4.83. The molecule has 5 N–H and O–H groups in total. The number of imidazole rings is 1. The van der Waals surface area contributed by atoms with E-state index < -0.39 is 43.2 Å². The monoisotopic (exact) mass is 299 g/mol. The van der Waals surface area contributed by atoms with Crippen LogP contribution >= 0.6 is 0 Å². The van der Waals surface area contributed by atoms with Gasteiger partial charge in [0.25, 0.3) is 5.56 Å². The van der Waals surface area contributed by atoms with Crippen LogP contribution in [-0.2, 0) is 4.74 Å². The normalized spacial score (nSPS) is 29.3. The summed E-state index contributed by atoms with van der Waals surface area (Å²) in [5, 5.41) is 19.3.